The fraction of sp³-hybridized carbons (Fsp3) is 0.300. The molecule has 76 valence electrons. The van der Waals surface area contributed by atoms with Crippen LogP contribution >= 0.6 is 11.6 Å². The van der Waals surface area contributed by atoms with Crippen LogP contribution in [0, 0.1) is 6.92 Å². The van der Waals surface area contributed by atoms with E-state index in [9.17, 15) is 4.79 Å². The Balaban J connectivity index is 2.44. The van der Waals surface area contributed by atoms with Crippen LogP contribution in [0.3, 0.4) is 0 Å². The van der Waals surface area contributed by atoms with Crippen LogP contribution in [0.2, 0.25) is 0 Å². The molecule has 4 heteroatoms. The third kappa shape index (κ3) is 3.66. The number of carbonyl (C=O) groups is 1. The van der Waals surface area contributed by atoms with E-state index in [1.807, 2.05) is 19.1 Å². The van der Waals surface area contributed by atoms with E-state index in [1.54, 1.807) is 12.1 Å². The van der Waals surface area contributed by atoms with Crippen molar-refractivity contribution >= 4 is 17.7 Å². The quantitative estimate of drug-likeness (QED) is 0.783. The summed E-state index contributed by atoms with van der Waals surface area (Å²) in [4.78, 5) is 11.1. The number of rotatable bonds is 3. The van der Waals surface area contributed by atoms with Crippen molar-refractivity contribution in [3.05, 3.63) is 29.8 Å². The Hall–Kier alpha value is -1.22. The SMILES string of the molecule is Cc1ccc(OC(=O)NCCCl)cc1. The zero-order valence-electron chi connectivity index (χ0n) is 7.92. The summed E-state index contributed by atoms with van der Waals surface area (Å²) in [7, 11) is 0. The minimum atomic E-state index is -0.477. The Kier molecular flexibility index (Phi) is 4.26. The topological polar surface area (TPSA) is 38.3 Å². The van der Waals surface area contributed by atoms with E-state index in [0.717, 1.165) is 5.56 Å². The predicted octanol–water partition coefficient (Wildman–Crippen LogP) is 2.32. The molecule has 1 rings (SSSR count). The summed E-state index contributed by atoms with van der Waals surface area (Å²) in [5.41, 5.74) is 1.12. The summed E-state index contributed by atoms with van der Waals surface area (Å²) in [6, 6.07) is 7.25. The fourth-order valence-electron chi connectivity index (χ4n) is 0.899. The highest BCUT2D eigenvalue weighted by Gasteiger charge is 2.01. The molecule has 0 saturated heterocycles. The van der Waals surface area contributed by atoms with E-state index in [-0.39, 0.29) is 0 Å². The fourth-order valence-corrected chi connectivity index (χ4v) is 0.993. The number of halogens is 1. The van der Waals surface area contributed by atoms with Gasteiger partial charge >= 0.3 is 6.09 Å². The highest BCUT2D eigenvalue weighted by molar-refractivity contribution is 6.18. The molecule has 0 spiro atoms. The number of carbonyl (C=O) groups excluding carboxylic acids is 1. The molecule has 0 radical (unpaired) electrons. The lowest BCUT2D eigenvalue weighted by Crippen LogP contribution is -2.28. The molecule has 0 bridgehead atoms. The summed E-state index contributed by atoms with van der Waals surface area (Å²) < 4.78 is 4.96. The maximum atomic E-state index is 11.1. The first kappa shape index (κ1) is 10.9. The molecule has 0 unspecified atom stereocenters. The monoisotopic (exact) mass is 213 g/mol. The molecule has 0 aliphatic rings. The first-order valence-electron chi connectivity index (χ1n) is 4.30. The van der Waals surface area contributed by atoms with Gasteiger partial charge in [-0.1, -0.05) is 17.7 Å². The number of alkyl halides is 1. The van der Waals surface area contributed by atoms with Crippen LogP contribution in [0.1, 0.15) is 5.56 Å². The van der Waals surface area contributed by atoms with Gasteiger partial charge in [-0.15, -0.1) is 11.6 Å². The van der Waals surface area contributed by atoms with Crippen molar-refractivity contribution in [3.8, 4) is 5.75 Å². The molecule has 0 aliphatic heterocycles. The summed E-state index contributed by atoms with van der Waals surface area (Å²) in [6.45, 7) is 2.38. The molecule has 1 aromatic rings. The van der Waals surface area contributed by atoms with Crippen LogP contribution in [0.15, 0.2) is 24.3 Å². The third-order valence-corrected chi connectivity index (χ3v) is 1.78. The van der Waals surface area contributed by atoms with Crippen molar-refractivity contribution in [1.82, 2.24) is 5.32 Å². The third-order valence-electron chi connectivity index (χ3n) is 1.60. The highest BCUT2D eigenvalue weighted by atomic mass is 35.5. The Morgan fingerprint density at radius 3 is 2.64 bits per heavy atom. The number of nitrogens with one attached hydrogen (secondary N) is 1. The Labute approximate surface area is 88.0 Å². The van der Waals surface area contributed by atoms with Gasteiger partial charge in [0.05, 0.1) is 0 Å². The van der Waals surface area contributed by atoms with E-state index in [2.05, 4.69) is 5.32 Å². The highest BCUT2D eigenvalue weighted by Crippen LogP contribution is 2.11. The molecule has 3 nitrogen and oxygen atoms in total. The maximum Gasteiger partial charge on any atom is 0.412 e. The Morgan fingerprint density at radius 1 is 1.43 bits per heavy atom. The molecule has 0 aliphatic carbocycles. The first-order valence-corrected chi connectivity index (χ1v) is 4.84. The predicted molar refractivity (Wildman–Crippen MR) is 55.9 cm³/mol. The zero-order chi connectivity index (χ0) is 10.4. The Bertz CT molecular complexity index is 297. The number of amides is 1. The average Bonchev–Trinajstić information content (AvgIpc) is 2.18. The van der Waals surface area contributed by atoms with Crippen LogP contribution in [-0.2, 0) is 0 Å². The second-order valence-electron chi connectivity index (χ2n) is 2.82. The van der Waals surface area contributed by atoms with Gasteiger partial charge in [0.25, 0.3) is 0 Å². The molecule has 0 aromatic heterocycles. The van der Waals surface area contributed by atoms with Crippen LogP contribution in [-0.4, -0.2) is 18.5 Å². The van der Waals surface area contributed by atoms with Gasteiger partial charge in [-0.25, -0.2) is 4.79 Å². The molecule has 1 N–H and O–H groups in total. The van der Waals surface area contributed by atoms with Gasteiger partial charge < -0.3 is 10.1 Å². The second-order valence-corrected chi connectivity index (χ2v) is 3.20. The lowest BCUT2D eigenvalue weighted by molar-refractivity contribution is 0.201. The lowest BCUT2D eigenvalue weighted by atomic mass is 10.2. The number of hydrogen-bond acceptors (Lipinski definition) is 2. The van der Waals surface area contributed by atoms with Crippen LogP contribution < -0.4 is 10.1 Å². The van der Waals surface area contributed by atoms with Gasteiger partial charge in [-0.05, 0) is 19.1 Å². The van der Waals surface area contributed by atoms with Gasteiger partial charge in [0.2, 0.25) is 0 Å². The average molecular weight is 214 g/mol. The summed E-state index contributed by atoms with van der Waals surface area (Å²) in [6.07, 6.45) is -0.477. The van der Waals surface area contributed by atoms with Crippen molar-refractivity contribution in [3.63, 3.8) is 0 Å². The normalized spacial score (nSPS) is 9.57. The van der Waals surface area contributed by atoms with Gasteiger partial charge in [-0.2, -0.15) is 0 Å². The van der Waals surface area contributed by atoms with Crippen LogP contribution in [0.4, 0.5) is 4.79 Å². The first-order chi connectivity index (χ1) is 6.72. The number of ether oxygens (including phenoxy) is 1. The maximum absolute atomic E-state index is 11.1. The van der Waals surface area contributed by atoms with E-state index in [0.29, 0.717) is 18.2 Å². The molecule has 0 saturated carbocycles. The standard InChI is InChI=1S/C10H12ClNO2/c1-8-2-4-9(5-3-8)14-10(13)12-7-6-11/h2-5H,6-7H2,1H3,(H,12,13). The molecule has 1 aromatic carbocycles. The van der Waals surface area contributed by atoms with Crippen molar-refractivity contribution in [1.29, 1.82) is 0 Å². The summed E-state index contributed by atoms with van der Waals surface area (Å²) in [5.74, 6) is 0.908. The Morgan fingerprint density at radius 2 is 2.07 bits per heavy atom. The van der Waals surface area contributed by atoms with E-state index in [4.69, 9.17) is 16.3 Å². The second kappa shape index (κ2) is 5.50. The molecular weight excluding hydrogens is 202 g/mol. The van der Waals surface area contributed by atoms with Gasteiger partial charge in [0.1, 0.15) is 5.75 Å². The largest absolute Gasteiger partial charge is 0.412 e. The summed E-state index contributed by atoms with van der Waals surface area (Å²) in [5, 5.41) is 2.50. The molecule has 0 atom stereocenters. The van der Waals surface area contributed by atoms with E-state index < -0.39 is 6.09 Å². The smallest absolute Gasteiger partial charge is 0.410 e. The van der Waals surface area contributed by atoms with Crippen molar-refractivity contribution in [2.75, 3.05) is 12.4 Å². The molecular formula is C10H12ClNO2. The van der Waals surface area contributed by atoms with Crippen molar-refractivity contribution in [2.24, 2.45) is 0 Å². The minimum absolute atomic E-state index is 0.378. The lowest BCUT2D eigenvalue weighted by Gasteiger charge is -2.04. The number of benzene rings is 1. The van der Waals surface area contributed by atoms with Crippen LogP contribution in [0.5, 0.6) is 5.75 Å². The van der Waals surface area contributed by atoms with Crippen molar-refractivity contribution in [2.45, 2.75) is 6.92 Å². The van der Waals surface area contributed by atoms with Crippen LogP contribution in [0.25, 0.3) is 0 Å². The summed E-state index contributed by atoms with van der Waals surface area (Å²) >= 11 is 5.40. The number of aryl methyl sites for hydroxylation is 1. The van der Waals surface area contributed by atoms with Gasteiger partial charge in [-0.3, -0.25) is 0 Å². The van der Waals surface area contributed by atoms with E-state index >= 15 is 0 Å². The molecule has 1 amide bonds. The van der Waals surface area contributed by atoms with E-state index in [1.165, 1.54) is 0 Å². The molecule has 14 heavy (non-hydrogen) atoms. The zero-order valence-corrected chi connectivity index (χ0v) is 8.67. The minimum Gasteiger partial charge on any atom is -0.410 e. The molecule has 0 heterocycles. The number of hydrogen-bond donors (Lipinski definition) is 1. The van der Waals surface area contributed by atoms with Gasteiger partial charge in [0, 0.05) is 12.4 Å². The van der Waals surface area contributed by atoms with Gasteiger partial charge in [0.15, 0.2) is 0 Å². The van der Waals surface area contributed by atoms with Crippen molar-refractivity contribution < 1.29 is 9.53 Å². The molecule has 0 fully saturated rings.